The highest BCUT2D eigenvalue weighted by molar-refractivity contribution is 9.10. The van der Waals surface area contributed by atoms with Gasteiger partial charge in [-0.1, -0.05) is 33.2 Å². The number of hydrogen-bond donors (Lipinski definition) is 0. The first-order valence-electron chi connectivity index (χ1n) is 7.32. The van der Waals surface area contributed by atoms with Gasteiger partial charge in [-0.3, -0.25) is 4.79 Å². The van der Waals surface area contributed by atoms with Crippen LogP contribution in [0, 0.1) is 0 Å². The summed E-state index contributed by atoms with van der Waals surface area (Å²) in [4.78, 5) is 17.1. The summed E-state index contributed by atoms with van der Waals surface area (Å²) in [5, 5.41) is 4.62. The molecule has 4 rings (SSSR count). The maximum atomic E-state index is 12.7. The quantitative estimate of drug-likeness (QED) is 0.526. The Morgan fingerprint density at radius 3 is 2.62 bits per heavy atom. The van der Waals surface area contributed by atoms with E-state index in [9.17, 15) is 4.79 Å². The molecule has 0 amide bonds. The zero-order valence-corrected chi connectivity index (χ0v) is 14.3. The van der Waals surface area contributed by atoms with Crippen LogP contribution in [0.2, 0.25) is 0 Å². The Balaban J connectivity index is 1.86. The number of benzene rings is 2. The Bertz CT molecular complexity index is 1100. The van der Waals surface area contributed by atoms with Crippen molar-refractivity contribution in [1.29, 1.82) is 0 Å². The summed E-state index contributed by atoms with van der Waals surface area (Å²) in [5.41, 5.74) is 1.96. The molecule has 0 fully saturated rings. The van der Waals surface area contributed by atoms with Crippen LogP contribution in [0.15, 0.2) is 68.5 Å². The van der Waals surface area contributed by atoms with Gasteiger partial charge in [0.05, 0.1) is 5.52 Å². The van der Waals surface area contributed by atoms with E-state index in [-0.39, 0.29) is 11.3 Å². The number of aromatic nitrogens is 3. The Labute approximate surface area is 145 Å². The van der Waals surface area contributed by atoms with Gasteiger partial charge in [-0.15, -0.1) is 0 Å². The number of hydrogen-bond acceptors (Lipinski definition) is 4. The second-order valence-corrected chi connectivity index (χ2v) is 6.35. The third-order valence-electron chi connectivity index (χ3n) is 3.85. The molecule has 0 aliphatic rings. The maximum absolute atomic E-state index is 12.7. The van der Waals surface area contributed by atoms with Crippen LogP contribution in [0.25, 0.3) is 33.7 Å². The first kappa shape index (κ1) is 14.8. The van der Waals surface area contributed by atoms with Crippen molar-refractivity contribution in [2.75, 3.05) is 0 Å². The minimum absolute atomic E-state index is 0.116. The SMILES string of the molecule is Cn1cc(-c2nc(-c3ccc(Br)cc3)no2)c(=O)c2ccccc21. The molecule has 0 aliphatic carbocycles. The Hall–Kier alpha value is -2.73. The minimum Gasteiger partial charge on any atom is -0.350 e. The molecule has 0 radical (unpaired) electrons. The van der Waals surface area contributed by atoms with Crippen molar-refractivity contribution in [3.8, 4) is 22.8 Å². The van der Waals surface area contributed by atoms with Gasteiger partial charge in [-0.25, -0.2) is 0 Å². The Morgan fingerprint density at radius 2 is 1.83 bits per heavy atom. The average Bonchev–Trinajstić information content (AvgIpc) is 3.08. The standard InChI is InChI=1S/C18H12BrN3O2/c1-22-10-14(16(23)13-4-2-3-5-15(13)22)18-20-17(21-24-18)11-6-8-12(19)9-7-11/h2-10H,1H3. The molecule has 0 atom stereocenters. The molecule has 0 unspecified atom stereocenters. The molecule has 2 aromatic carbocycles. The second-order valence-electron chi connectivity index (χ2n) is 5.43. The molecule has 0 N–H and O–H groups in total. The van der Waals surface area contributed by atoms with E-state index in [1.54, 1.807) is 12.3 Å². The lowest BCUT2D eigenvalue weighted by Crippen LogP contribution is -2.10. The van der Waals surface area contributed by atoms with Crippen LogP contribution >= 0.6 is 15.9 Å². The third kappa shape index (κ3) is 2.45. The smallest absolute Gasteiger partial charge is 0.263 e. The van der Waals surface area contributed by atoms with Gasteiger partial charge in [-0.05, 0) is 36.4 Å². The highest BCUT2D eigenvalue weighted by Gasteiger charge is 2.16. The highest BCUT2D eigenvalue weighted by atomic mass is 79.9. The van der Waals surface area contributed by atoms with Gasteiger partial charge in [0.15, 0.2) is 0 Å². The van der Waals surface area contributed by atoms with Crippen LogP contribution in [-0.2, 0) is 7.05 Å². The number of nitrogens with zero attached hydrogens (tertiary/aromatic N) is 3. The summed E-state index contributed by atoms with van der Waals surface area (Å²) in [6, 6.07) is 15.0. The summed E-state index contributed by atoms with van der Waals surface area (Å²) in [7, 11) is 1.89. The van der Waals surface area contributed by atoms with E-state index in [0.717, 1.165) is 15.6 Å². The number of halogens is 1. The molecule has 0 aliphatic heterocycles. The number of pyridine rings is 1. The van der Waals surface area contributed by atoms with Crippen LogP contribution < -0.4 is 5.43 Å². The molecule has 4 aromatic rings. The van der Waals surface area contributed by atoms with Crippen molar-refractivity contribution in [3.05, 3.63) is 69.4 Å². The zero-order chi connectivity index (χ0) is 16.7. The van der Waals surface area contributed by atoms with Gasteiger partial charge in [-0.2, -0.15) is 4.98 Å². The number of aryl methyl sites for hydroxylation is 1. The van der Waals surface area contributed by atoms with E-state index in [2.05, 4.69) is 26.1 Å². The Morgan fingerprint density at radius 1 is 1.08 bits per heavy atom. The first-order chi connectivity index (χ1) is 11.6. The van der Waals surface area contributed by atoms with Gasteiger partial charge < -0.3 is 9.09 Å². The molecular formula is C18H12BrN3O2. The summed E-state index contributed by atoms with van der Waals surface area (Å²) in [6.07, 6.45) is 1.73. The van der Waals surface area contributed by atoms with Crippen LogP contribution in [0.1, 0.15) is 0 Å². The summed E-state index contributed by atoms with van der Waals surface area (Å²) >= 11 is 3.39. The van der Waals surface area contributed by atoms with Gasteiger partial charge in [0.1, 0.15) is 5.56 Å². The van der Waals surface area contributed by atoms with E-state index in [1.807, 2.05) is 54.1 Å². The van der Waals surface area contributed by atoms with Crippen LogP contribution in [0.5, 0.6) is 0 Å². The van der Waals surface area contributed by atoms with Crippen molar-refractivity contribution in [3.63, 3.8) is 0 Å². The van der Waals surface area contributed by atoms with Crippen LogP contribution in [0.3, 0.4) is 0 Å². The summed E-state index contributed by atoms with van der Waals surface area (Å²) in [6.45, 7) is 0. The lowest BCUT2D eigenvalue weighted by atomic mass is 10.1. The predicted octanol–water partition coefficient (Wildman–Crippen LogP) is 4.02. The minimum atomic E-state index is -0.116. The van der Waals surface area contributed by atoms with Gasteiger partial charge >= 0.3 is 0 Å². The van der Waals surface area contributed by atoms with Gasteiger partial charge in [0.2, 0.25) is 11.3 Å². The maximum Gasteiger partial charge on any atom is 0.263 e. The summed E-state index contributed by atoms with van der Waals surface area (Å²) in [5.74, 6) is 0.673. The fourth-order valence-electron chi connectivity index (χ4n) is 2.64. The fourth-order valence-corrected chi connectivity index (χ4v) is 2.91. The fraction of sp³-hybridized carbons (Fsp3) is 0.0556. The molecule has 0 saturated heterocycles. The highest BCUT2D eigenvalue weighted by Crippen LogP contribution is 2.23. The predicted molar refractivity (Wildman–Crippen MR) is 95.6 cm³/mol. The molecule has 2 aromatic heterocycles. The third-order valence-corrected chi connectivity index (χ3v) is 4.38. The first-order valence-corrected chi connectivity index (χ1v) is 8.11. The van der Waals surface area contributed by atoms with Crippen molar-refractivity contribution >= 4 is 26.8 Å². The number of para-hydroxylation sites is 1. The van der Waals surface area contributed by atoms with Crippen LogP contribution in [-0.4, -0.2) is 14.7 Å². The van der Waals surface area contributed by atoms with Crippen LogP contribution in [0.4, 0.5) is 0 Å². The monoisotopic (exact) mass is 381 g/mol. The average molecular weight is 382 g/mol. The van der Waals surface area contributed by atoms with Crippen molar-refractivity contribution in [1.82, 2.24) is 14.7 Å². The largest absolute Gasteiger partial charge is 0.350 e. The van der Waals surface area contributed by atoms with Crippen molar-refractivity contribution in [2.24, 2.45) is 7.05 Å². The Kier molecular flexibility index (Phi) is 3.54. The lowest BCUT2D eigenvalue weighted by Gasteiger charge is -2.06. The number of fused-ring (bicyclic) bond motifs is 1. The molecule has 5 nitrogen and oxygen atoms in total. The molecule has 24 heavy (non-hydrogen) atoms. The lowest BCUT2D eigenvalue weighted by molar-refractivity contribution is 0.432. The number of rotatable bonds is 2. The van der Waals surface area contributed by atoms with E-state index in [0.29, 0.717) is 16.8 Å². The van der Waals surface area contributed by atoms with E-state index in [1.165, 1.54) is 0 Å². The molecule has 2 heterocycles. The molecule has 118 valence electrons. The normalized spacial score (nSPS) is 11.1. The van der Waals surface area contributed by atoms with Gasteiger partial charge in [0, 0.05) is 28.7 Å². The summed E-state index contributed by atoms with van der Waals surface area (Å²) < 4.78 is 8.19. The van der Waals surface area contributed by atoms with E-state index in [4.69, 9.17) is 4.52 Å². The topological polar surface area (TPSA) is 60.9 Å². The van der Waals surface area contributed by atoms with E-state index < -0.39 is 0 Å². The molecule has 0 bridgehead atoms. The van der Waals surface area contributed by atoms with E-state index >= 15 is 0 Å². The second kappa shape index (κ2) is 5.72. The zero-order valence-electron chi connectivity index (χ0n) is 12.7. The molecule has 6 heteroatoms. The molecule has 0 saturated carbocycles. The van der Waals surface area contributed by atoms with Crippen molar-refractivity contribution in [2.45, 2.75) is 0 Å². The molecular weight excluding hydrogens is 370 g/mol. The molecule has 0 spiro atoms. The van der Waals surface area contributed by atoms with Gasteiger partial charge in [0.25, 0.3) is 5.89 Å². The van der Waals surface area contributed by atoms with Crippen molar-refractivity contribution < 1.29 is 4.52 Å².